The van der Waals surface area contributed by atoms with E-state index in [2.05, 4.69) is 24.9 Å². The molecule has 2 atom stereocenters. The summed E-state index contributed by atoms with van der Waals surface area (Å²) in [7, 11) is 0. The van der Waals surface area contributed by atoms with Crippen molar-refractivity contribution < 1.29 is 48.2 Å². The lowest BCUT2D eigenvalue weighted by Crippen LogP contribution is -2.36. The Morgan fingerprint density at radius 1 is 0.905 bits per heavy atom. The highest BCUT2D eigenvalue weighted by molar-refractivity contribution is 6.01. The molecule has 1 heterocycles. The van der Waals surface area contributed by atoms with Gasteiger partial charge in [-0.05, 0) is 65.4 Å². The highest BCUT2D eigenvalue weighted by Gasteiger charge is 2.35. The summed E-state index contributed by atoms with van der Waals surface area (Å²) in [6, 6.07) is -0.814. The van der Waals surface area contributed by atoms with Crippen molar-refractivity contribution in [3.8, 4) is 6.07 Å². The number of hydroxylamine groups is 2. The first-order valence-corrected chi connectivity index (χ1v) is 12.4. The van der Waals surface area contributed by atoms with Crippen molar-refractivity contribution in [3.63, 3.8) is 0 Å². The van der Waals surface area contributed by atoms with Crippen LogP contribution in [-0.4, -0.2) is 69.1 Å². The first kappa shape index (κ1) is 39.3. The molecule has 232 valence electrons. The second kappa shape index (κ2) is 19.2. The molecule has 0 bridgehead atoms. The van der Waals surface area contributed by atoms with Crippen LogP contribution in [0.4, 0.5) is 0 Å². The van der Waals surface area contributed by atoms with Gasteiger partial charge in [-0.15, -0.1) is 5.06 Å². The molecule has 18 heteroatoms. The number of ether oxygens (including phenoxy) is 2. The lowest BCUT2D eigenvalue weighted by atomic mass is 10.1. The Bertz CT molecular complexity index is 1110. The molecule has 0 radical (unpaired) electrons. The molecule has 18 nitrogen and oxygen atoms in total. The Labute approximate surface area is 242 Å². The van der Waals surface area contributed by atoms with Crippen LogP contribution in [0, 0.1) is 11.3 Å². The number of imide groups is 1. The molecular weight excluding hydrogens is 560 g/mol. The molecule has 2 amide bonds. The van der Waals surface area contributed by atoms with E-state index < -0.39 is 59.0 Å². The smallest absolute Gasteiger partial charge is 0.342 e. The average Bonchev–Trinajstić information content (AvgIpc) is 3.15. The maximum atomic E-state index is 11.9. The van der Waals surface area contributed by atoms with Crippen molar-refractivity contribution in [2.24, 2.45) is 10.2 Å². The Morgan fingerprint density at radius 3 is 1.60 bits per heavy atom. The molecule has 1 rings (SSSR count). The number of rotatable bonds is 11. The van der Waals surface area contributed by atoms with Crippen LogP contribution in [0.1, 0.15) is 87.0 Å². The second-order valence-electron chi connectivity index (χ2n) is 10.2. The van der Waals surface area contributed by atoms with Crippen molar-refractivity contribution >= 4 is 35.7 Å². The molecule has 1 N–H and O–H groups in total. The van der Waals surface area contributed by atoms with Gasteiger partial charge in [-0.1, -0.05) is 10.2 Å². The fraction of sp³-hybridized carbons (Fsp3) is 0.708. The van der Waals surface area contributed by atoms with E-state index in [0.29, 0.717) is 5.06 Å². The molecule has 0 unspecified atom stereocenters. The van der Waals surface area contributed by atoms with Gasteiger partial charge >= 0.3 is 23.9 Å². The second-order valence-corrected chi connectivity index (χ2v) is 10.2. The zero-order valence-electron chi connectivity index (χ0n) is 24.6. The van der Waals surface area contributed by atoms with Crippen molar-refractivity contribution in [1.29, 1.82) is 5.26 Å². The number of nitrogens with zero attached hydrogens (tertiary/aromatic N) is 8. The summed E-state index contributed by atoms with van der Waals surface area (Å²) < 4.78 is 10.0. The van der Waals surface area contributed by atoms with E-state index in [0.717, 1.165) is 0 Å². The molecule has 0 aromatic carbocycles. The van der Waals surface area contributed by atoms with Crippen LogP contribution >= 0.6 is 0 Å². The van der Waals surface area contributed by atoms with Gasteiger partial charge < -0.3 is 19.4 Å². The highest BCUT2D eigenvalue weighted by atomic mass is 16.7. The fourth-order valence-corrected chi connectivity index (χ4v) is 2.68. The number of esters is 2. The number of carboxylic acid groups (broad SMARTS) is 1. The minimum absolute atomic E-state index is 0.0454. The molecule has 0 saturated carbocycles. The molecule has 1 fully saturated rings. The number of carbonyl (C=O) groups is 6. The summed E-state index contributed by atoms with van der Waals surface area (Å²) in [5.74, 6) is -4.69. The quantitative estimate of drug-likeness (QED) is 0.118. The van der Waals surface area contributed by atoms with Gasteiger partial charge in [0.1, 0.15) is 23.3 Å². The Balaban J connectivity index is 0. The van der Waals surface area contributed by atoms with Crippen LogP contribution in [0.2, 0.25) is 0 Å². The number of carbonyl (C=O) groups excluding carboxylic acids is 5. The van der Waals surface area contributed by atoms with Gasteiger partial charge in [0.2, 0.25) is 0 Å². The average molecular weight is 597 g/mol. The normalized spacial score (nSPS) is 13.6. The largest absolute Gasteiger partial charge is 0.481 e. The minimum Gasteiger partial charge on any atom is -0.481 e. The van der Waals surface area contributed by atoms with Gasteiger partial charge in [0, 0.05) is 42.4 Å². The van der Waals surface area contributed by atoms with Crippen molar-refractivity contribution in [1.82, 2.24) is 5.06 Å². The van der Waals surface area contributed by atoms with Gasteiger partial charge in [-0.3, -0.25) is 24.0 Å². The Morgan fingerprint density at radius 2 is 1.26 bits per heavy atom. The summed E-state index contributed by atoms with van der Waals surface area (Å²) in [5.41, 5.74) is 15.3. The molecular formula is C24H36N8O10. The predicted octanol–water partition coefficient (Wildman–Crippen LogP) is 3.80. The number of amides is 2. The molecule has 42 heavy (non-hydrogen) atoms. The SMILES string of the molecule is CC#N.CC(C)(C)OC(=O)CC[C@H](N=[N+]=[N-])C(=O)O.CC(C)(C)OC(=O)CC[C@H](N=[N+]=[N-])C(=O)ON1C(=O)CCC1=O. The van der Waals surface area contributed by atoms with Gasteiger partial charge in [0.05, 0.1) is 6.07 Å². The molecule has 1 aliphatic rings. The van der Waals surface area contributed by atoms with E-state index in [4.69, 9.17) is 30.9 Å². The van der Waals surface area contributed by atoms with Crippen molar-refractivity contribution in [2.75, 3.05) is 0 Å². The summed E-state index contributed by atoms with van der Waals surface area (Å²) in [6.45, 7) is 11.6. The number of azide groups is 2. The molecule has 0 aliphatic carbocycles. The van der Waals surface area contributed by atoms with Gasteiger partial charge in [-0.2, -0.15) is 5.26 Å². The van der Waals surface area contributed by atoms with Crippen LogP contribution in [0.15, 0.2) is 10.2 Å². The lowest BCUT2D eigenvalue weighted by molar-refractivity contribution is -0.198. The lowest BCUT2D eigenvalue weighted by Gasteiger charge is -2.20. The third kappa shape index (κ3) is 19.2. The topological polar surface area (TPSA) is 275 Å². The van der Waals surface area contributed by atoms with Crippen LogP contribution in [0.3, 0.4) is 0 Å². The van der Waals surface area contributed by atoms with E-state index in [9.17, 15) is 28.8 Å². The van der Waals surface area contributed by atoms with Gasteiger partial charge in [0.15, 0.2) is 0 Å². The van der Waals surface area contributed by atoms with Gasteiger partial charge in [-0.25, -0.2) is 4.79 Å². The zero-order valence-corrected chi connectivity index (χ0v) is 24.6. The first-order valence-electron chi connectivity index (χ1n) is 12.4. The first-order chi connectivity index (χ1) is 19.3. The Kier molecular flexibility index (Phi) is 18.0. The third-order valence-electron chi connectivity index (χ3n) is 4.21. The summed E-state index contributed by atoms with van der Waals surface area (Å²) >= 11 is 0. The third-order valence-corrected chi connectivity index (χ3v) is 4.21. The molecule has 0 spiro atoms. The number of aliphatic carboxylic acids is 1. The van der Waals surface area contributed by atoms with Gasteiger partial charge in [0.25, 0.3) is 11.8 Å². The standard InChI is InChI=1S/C13H18N4O6.C9H15N3O4.C2H3N/c1-13(2,3)22-11(20)7-4-8(15-16-14)12(21)23-17-9(18)5-6-10(17)19;1-9(2,3)16-7(13)5-4-6(8(14)15)11-12-10;1-2-3/h8H,4-7H2,1-3H3;6H,4-5H2,1-3H3,(H,14,15);1H3/t8-;6-;/m00./s1. The molecule has 0 aromatic heterocycles. The highest BCUT2D eigenvalue weighted by Crippen LogP contribution is 2.16. The van der Waals surface area contributed by atoms with Crippen LogP contribution in [0.5, 0.6) is 0 Å². The summed E-state index contributed by atoms with van der Waals surface area (Å²) in [5, 5.41) is 22.6. The maximum Gasteiger partial charge on any atom is 0.342 e. The number of hydrogen-bond acceptors (Lipinski definition) is 12. The van der Waals surface area contributed by atoms with E-state index in [1.165, 1.54) is 6.92 Å². The summed E-state index contributed by atoms with van der Waals surface area (Å²) in [4.78, 5) is 77.6. The van der Waals surface area contributed by atoms with Crippen molar-refractivity contribution in [3.05, 3.63) is 20.9 Å². The minimum atomic E-state index is -1.34. The maximum absolute atomic E-state index is 11.9. The van der Waals surface area contributed by atoms with E-state index in [-0.39, 0.29) is 38.5 Å². The fourth-order valence-electron chi connectivity index (χ4n) is 2.68. The molecule has 0 aromatic rings. The van der Waals surface area contributed by atoms with E-state index >= 15 is 0 Å². The summed E-state index contributed by atoms with van der Waals surface area (Å²) in [6.07, 6.45) is -0.583. The monoisotopic (exact) mass is 596 g/mol. The number of hydrogen-bond donors (Lipinski definition) is 1. The molecule has 1 saturated heterocycles. The number of nitriles is 1. The molecule has 1 aliphatic heterocycles. The van der Waals surface area contributed by atoms with E-state index in [1.807, 2.05) is 0 Å². The Hall–Kier alpha value is -4.87. The van der Waals surface area contributed by atoms with E-state index in [1.54, 1.807) is 47.6 Å². The van der Waals surface area contributed by atoms with Crippen molar-refractivity contribution in [2.45, 2.75) is 110 Å². The predicted molar refractivity (Wildman–Crippen MR) is 142 cm³/mol. The zero-order chi connectivity index (χ0) is 33.1. The van der Waals surface area contributed by atoms with Crippen LogP contribution < -0.4 is 0 Å². The van der Waals surface area contributed by atoms with Crippen LogP contribution in [0.25, 0.3) is 20.9 Å². The van der Waals surface area contributed by atoms with Crippen LogP contribution in [-0.2, 0) is 43.1 Å². The number of carboxylic acids is 1.